The van der Waals surface area contributed by atoms with E-state index < -0.39 is 0 Å². The number of ether oxygens (including phenoxy) is 2. The van der Waals surface area contributed by atoms with E-state index >= 15 is 0 Å². The van der Waals surface area contributed by atoms with E-state index in [0.717, 1.165) is 31.7 Å². The van der Waals surface area contributed by atoms with Crippen molar-refractivity contribution in [2.24, 2.45) is 5.41 Å². The summed E-state index contributed by atoms with van der Waals surface area (Å²) in [6.07, 6.45) is 8.92. The van der Waals surface area contributed by atoms with Crippen molar-refractivity contribution < 1.29 is 14.3 Å². The molecule has 0 amide bonds. The summed E-state index contributed by atoms with van der Waals surface area (Å²) in [7, 11) is 0. The quantitative estimate of drug-likeness (QED) is 0.632. The van der Waals surface area contributed by atoms with Crippen LogP contribution in [0.4, 0.5) is 0 Å². The van der Waals surface area contributed by atoms with Gasteiger partial charge in [0.05, 0.1) is 17.9 Å². The Kier molecular flexibility index (Phi) is 5.48. The molecule has 0 radical (unpaired) electrons. The maximum Gasteiger partial charge on any atom is 0.341 e. The number of carbonyl (C=O) groups is 1. The van der Waals surface area contributed by atoms with Crippen molar-refractivity contribution in [1.29, 1.82) is 0 Å². The summed E-state index contributed by atoms with van der Waals surface area (Å²) < 4.78 is 13.0. The van der Waals surface area contributed by atoms with Crippen LogP contribution in [0.1, 0.15) is 62.1 Å². The van der Waals surface area contributed by atoms with E-state index in [9.17, 15) is 4.79 Å². The molecule has 0 spiro atoms. The minimum absolute atomic E-state index is 0.202. The van der Waals surface area contributed by atoms with Crippen molar-refractivity contribution in [3.63, 3.8) is 0 Å². The van der Waals surface area contributed by atoms with Gasteiger partial charge in [-0.15, -0.1) is 12.3 Å². The summed E-state index contributed by atoms with van der Waals surface area (Å²) in [4.78, 5) is 12.5. The molecule has 0 saturated carbocycles. The molecule has 0 unspecified atom stereocenters. The molecule has 1 aromatic rings. The van der Waals surface area contributed by atoms with Gasteiger partial charge in [0.25, 0.3) is 0 Å². The number of rotatable bonds is 4. The lowest BCUT2D eigenvalue weighted by molar-refractivity contribution is -0.000653. The summed E-state index contributed by atoms with van der Waals surface area (Å²) in [5.74, 6) is 2.24. The predicted octanol–water partition coefficient (Wildman–Crippen LogP) is 3.14. The van der Waals surface area contributed by atoms with Crippen LogP contribution in [0.15, 0.2) is 6.20 Å². The second-order valence-corrected chi connectivity index (χ2v) is 7.10. The van der Waals surface area contributed by atoms with E-state index in [2.05, 4.69) is 11.0 Å². The fraction of sp³-hybridized carbons (Fsp3) is 0.667. The first kappa shape index (κ1) is 17.6. The Morgan fingerprint density at radius 1 is 1.52 bits per heavy atom. The summed E-state index contributed by atoms with van der Waals surface area (Å²) in [6, 6.07) is 0.287. The highest BCUT2D eigenvalue weighted by molar-refractivity contribution is 5.90. The maximum absolute atomic E-state index is 12.5. The highest BCUT2D eigenvalue weighted by Gasteiger charge is 2.30. The average Bonchev–Trinajstić information content (AvgIpc) is 2.88. The average molecular weight is 318 g/mol. The summed E-state index contributed by atoms with van der Waals surface area (Å²) >= 11 is 0. The van der Waals surface area contributed by atoms with Gasteiger partial charge in [0, 0.05) is 19.6 Å². The van der Waals surface area contributed by atoms with E-state index in [4.69, 9.17) is 15.9 Å². The van der Waals surface area contributed by atoms with Crippen molar-refractivity contribution in [3.05, 3.63) is 17.5 Å². The van der Waals surface area contributed by atoms with Crippen LogP contribution in [-0.2, 0) is 9.47 Å². The SMILES string of the molecule is C#CC[C@H](OC(=O)c1cnn(C2CCOCC2)c1C)C(C)(C)C. The molecule has 0 aromatic carbocycles. The van der Waals surface area contributed by atoms with Crippen LogP contribution in [0.5, 0.6) is 0 Å². The molecule has 23 heavy (non-hydrogen) atoms. The van der Waals surface area contributed by atoms with E-state index in [1.165, 1.54) is 0 Å². The molecular formula is C18H26N2O3. The Hall–Kier alpha value is -1.80. The maximum atomic E-state index is 12.5. The monoisotopic (exact) mass is 318 g/mol. The first-order valence-corrected chi connectivity index (χ1v) is 8.11. The molecule has 126 valence electrons. The van der Waals surface area contributed by atoms with Gasteiger partial charge in [-0.05, 0) is 25.2 Å². The third-order valence-corrected chi connectivity index (χ3v) is 4.32. The first-order valence-electron chi connectivity index (χ1n) is 8.11. The minimum atomic E-state index is -0.351. The zero-order valence-corrected chi connectivity index (χ0v) is 14.5. The lowest BCUT2D eigenvalue weighted by atomic mass is 9.87. The lowest BCUT2D eigenvalue weighted by Gasteiger charge is -2.29. The van der Waals surface area contributed by atoms with Gasteiger partial charge in [0.1, 0.15) is 11.7 Å². The number of aromatic nitrogens is 2. The van der Waals surface area contributed by atoms with Crippen molar-refractivity contribution >= 4 is 5.97 Å². The largest absolute Gasteiger partial charge is 0.457 e. The van der Waals surface area contributed by atoms with Crippen LogP contribution in [-0.4, -0.2) is 35.1 Å². The molecular weight excluding hydrogens is 292 g/mol. The van der Waals surface area contributed by atoms with Crippen LogP contribution in [0.2, 0.25) is 0 Å². The number of esters is 1. The van der Waals surface area contributed by atoms with E-state index in [1.807, 2.05) is 32.4 Å². The van der Waals surface area contributed by atoms with Gasteiger partial charge in [-0.3, -0.25) is 4.68 Å². The summed E-state index contributed by atoms with van der Waals surface area (Å²) in [6.45, 7) is 9.42. The number of terminal acetylenes is 1. The zero-order chi connectivity index (χ0) is 17.0. The Labute approximate surface area is 138 Å². The molecule has 2 rings (SSSR count). The molecule has 1 aromatic heterocycles. The van der Waals surface area contributed by atoms with Gasteiger partial charge in [-0.1, -0.05) is 20.8 Å². The van der Waals surface area contributed by atoms with Gasteiger partial charge >= 0.3 is 5.97 Å². The van der Waals surface area contributed by atoms with Gasteiger partial charge in [0.15, 0.2) is 0 Å². The smallest absolute Gasteiger partial charge is 0.341 e. The number of hydrogen-bond donors (Lipinski definition) is 0. The number of carbonyl (C=O) groups excluding carboxylic acids is 1. The highest BCUT2D eigenvalue weighted by Crippen LogP contribution is 2.27. The molecule has 0 bridgehead atoms. The van der Waals surface area contributed by atoms with Gasteiger partial charge in [-0.2, -0.15) is 5.10 Å². The fourth-order valence-electron chi connectivity index (χ4n) is 2.75. The van der Waals surface area contributed by atoms with E-state index in [1.54, 1.807) is 6.20 Å². The molecule has 0 aliphatic carbocycles. The van der Waals surface area contributed by atoms with Crippen LogP contribution >= 0.6 is 0 Å². The summed E-state index contributed by atoms with van der Waals surface area (Å²) in [5, 5.41) is 4.40. The Balaban J connectivity index is 2.13. The molecule has 1 saturated heterocycles. The molecule has 2 heterocycles. The van der Waals surface area contributed by atoms with Crippen LogP contribution in [0, 0.1) is 24.7 Å². The molecule has 1 aliphatic heterocycles. The Morgan fingerprint density at radius 3 is 2.74 bits per heavy atom. The van der Waals surface area contributed by atoms with Crippen molar-refractivity contribution in [1.82, 2.24) is 9.78 Å². The molecule has 0 N–H and O–H groups in total. The van der Waals surface area contributed by atoms with Gasteiger partial charge in [-0.25, -0.2) is 4.79 Å². The minimum Gasteiger partial charge on any atom is -0.457 e. The molecule has 5 heteroatoms. The van der Waals surface area contributed by atoms with Crippen molar-refractivity contribution in [3.8, 4) is 12.3 Å². The number of nitrogens with zero attached hydrogens (tertiary/aromatic N) is 2. The van der Waals surface area contributed by atoms with Crippen molar-refractivity contribution in [2.75, 3.05) is 13.2 Å². The normalized spacial score (nSPS) is 17.5. The zero-order valence-electron chi connectivity index (χ0n) is 14.5. The van der Waals surface area contributed by atoms with Crippen LogP contribution in [0.25, 0.3) is 0 Å². The summed E-state index contributed by atoms with van der Waals surface area (Å²) in [5.41, 5.74) is 1.16. The lowest BCUT2D eigenvalue weighted by Crippen LogP contribution is -2.31. The molecule has 1 fully saturated rings. The van der Waals surface area contributed by atoms with Crippen LogP contribution in [0.3, 0.4) is 0 Å². The van der Waals surface area contributed by atoms with Crippen LogP contribution < -0.4 is 0 Å². The highest BCUT2D eigenvalue weighted by atomic mass is 16.5. The first-order chi connectivity index (χ1) is 10.8. The Bertz CT molecular complexity index is 586. The van der Waals surface area contributed by atoms with Gasteiger partial charge < -0.3 is 9.47 Å². The van der Waals surface area contributed by atoms with E-state index in [-0.39, 0.29) is 23.5 Å². The molecule has 1 aliphatic rings. The number of hydrogen-bond acceptors (Lipinski definition) is 4. The van der Waals surface area contributed by atoms with Gasteiger partial charge in [0.2, 0.25) is 0 Å². The van der Waals surface area contributed by atoms with Crippen molar-refractivity contribution in [2.45, 2.75) is 59.1 Å². The Morgan fingerprint density at radius 2 is 2.17 bits per heavy atom. The predicted molar refractivity (Wildman–Crippen MR) is 88.2 cm³/mol. The molecule has 1 atom stereocenters. The second-order valence-electron chi connectivity index (χ2n) is 7.10. The fourth-order valence-corrected chi connectivity index (χ4v) is 2.75. The standard InChI is InChI=1S/C18H26N2O3/c1-6-7-16(18(3,4)5)23-17(21)15-12-19-20(13(15)2)14-8-10-22-11-9-14/h1,12,14,16H,7-11H2,2-5H3/t16-/m0/s1. The third-order valence-electron chi connectivity index (χ3n) is 4.32. The second kappa shape index (κ2) is 7.18. The van der Waals surface area contributed by atoms with E-state index in [0.29, 0.717) is 12.0 Å². The molecule has 5 nitrogen and oxygen atoms in total. The third kappa shape index (κ3) is 4.14. The topological polar surface area (TPSA) is 53.3 Å².